The highest BCUT2D eigenvalue weighted by atomic mass is 16.1. The quantitative estimate of drug-likeness (QED) is 0.690. The molecule has 0 heterocycles. The maximum Gasteiger partial charge on any atom is 0.150 e. The molecule has 0 aliphatic heterocycles. The molecule has 0 aliphatic carbocycles. The number of nitrogens with two attached hydrogens (primary N) is 1. The van der Waals surface area contributed by atoms with Crippen LogP contribution in [0.5, 0.6) is 0 Å². The summed E-state index contributed by atoms with van der Waals surface area (Å²) in [4.78, 5) is 11.5. The average molecular weight is 185 g/mol. The summed E-state index contributed by atoms with van der Waals surface area (Å²) in [6.07, 6.45) is 2.91. The molecule has 0 aromatic carbocycles. The van der Waals surface area contributed by atoms with E-state index in [1.54, 1.807) is 0 Å². The molecule has 0 saturated heterocycles. The van der Waals surface area contributed by atoms with Gasteiger partial charge in [0.15, 0.2) is 0 Å². The predicted octanol–water partition coefficient (Wildman–Crippen LogP) is 2.37. The Balaban J connectivity index is 3.85. The fraction of sp³-hybridized carbons (Fsp3) is 0.909. The van der Waals surface area contributed by atoms with Crippen molar-refractivity contribution in [1.29, 1.82) is 0 Å². The average Bonchev–Trinajstić information content (AvgIpc) is 2.03. The smallest absolute Gasteiger partial charge is 0.150 e. The lowest BCUT2D eigenvalue weighted by Gasteiger charge is -2.16. The van der Waals surface area contributed by atoms with Crippen LogP contribution >= 0.6 is 0 Å². The van der Waals surface area contributed by atoms with Gasteiger partial charge in [0.25, 0.3) is 0 Å². The third kappa shape index (κ3) is 5.04. The molecule has 0 saturated carbocycles. The lowest BCUT2D eigenvalue weighted by molar-refractivity contribution is -0.122. The van der Waals surface area contributed by atoms with E-state index in [4.69, 9.17) is 5.73 Å². The number of hydrogen-bond acceptors (Lipinski definition) is 2. The molecule has 13 heavy (non-hydrogen) atoms. The summed E-state index contributed by atoms with van der Waals surface area (Å²) < 4.78 is 0. The minimum atomic E-state index is -0.265. The molecular weight excluding hydrogens is 162 g/mol. The van der Waals surface area contributed by atoms with Crippen LogP contribution in [0.1, 0.15) is 47.0 Å². The van der Waals surface area contributed by atoms with Gasteiger partial charge in [-0.15, -0.1) is 0 Å². The van der Waals surface area contributed by atoms with Gasteiger partial charge in [0.05, 0.1) is 6.04 Å². The molecule has 0 rings (SSSR count). The molecule has 78 valence electrons. The van der Waals surface area contributed by atoms with Gasteiger partial charge in [0.1, 0.15) is 5.78 Å². The van der Waals surface area contributed by atoms with Gasteiger partial charge in [-0.3, -0.25) is 4.79 Å². The van der Waals surface area contributed by atoms with E-state index in [0.29, 0.717) is 12.3 Å². The maximum atomic E-state index is 11.5. The van der Waals surface area contributed by atoms with Crippen molar-refractivity contribution in [1.82, 2.24) is 0 Å². The van der Waals surface area contributed by atoms with Crippen LogP contribution in [0.4, 0.5) is 0 Å². The summed E-state index contributed by atoms with van der Waals surface area (Å²) in [5.74, 6) is 0.972. The van der Waals surface area contributed by atoms with Gasteiger partial charge in [-0.2, -0.15) is 0 Å². The zero-order chi connectivity index (χ0) is 10.4. The SMILES string of the molecule is CCCC(C)CC(=O)C(N)C(C)C. The van der Waals surface area contributed by atoms with Crippen molar-refractivity contribution in [3.63, 3.8) is 0 Å². The Hall–Kier alpha value is -0.370. The van der Waals surface area contributed by atoms with Gasteiger partial charge in [0, 0.05) is 6.42 Å². The molecule has 0 fully saturated rings. The van der Waals surface area contributed by atoms with Gasteiger partial charge < -0.3 is 5.73 Å². The molecule has 0 amide bonds. The number of carbonyl (C=O) groups excluding carboxylic acids is 1. The Kier molecular flexibility index (Phi) is 5.97. The zero-order valence-corrected chi connectivity index (χ0v) is 9.34. The summed E-state index contributed by atoms with van der Waals surface area (Å²) in [7, 11) is 0. The minimum Gasteiger partial charge on any atom is -0.321 e. The summed E-state index contributed by atoms with van der Waals surface area (Å²) in [6.45, 7) is 8.25. The Morgan fingerprint density at radius 2 is 1.85 bits per heavy atom. The van der Waals surface area contributed by atoms with Crippen LogP contribution in [-0.2, 0) is 4.79 Å². The van der Waals surface area contributed by atoms with Crippen molar-refractivity contribution in [3.8, 4) is 0 Å². The Morgan fingerprint density at radius 1 is 1.31 bits per heavy atom. The van der Waals surface area contributed by atoms with Crippen molar-refractivity contribution in [2.45, 2.75) is 53.0 Å². The lowest BCUT2D eigenvalue weighted by atomic mass is 9.92. The van der Waals surface area contributed by atoms with Crippen molar-refractivity contribution >= 4 is 5.78 Å². The fourth-order valence-electron chi connectivity index (χ4n) is 1.45. The van der Waals surface area contributed by atoms with E-state index in [2.05, 4.69) is 13.8 Å². The van der Waals surface area contributed by atoms with Crippen LogP contribution in [0.3, 0.4) is 0 Å². The molecule has 2 nitrogen and oxygen atoms in total. The van der Waals surface area contributed by atoms with Crippen LogP contribution in [-0.4, -0.2) is 11.8 Å². The summed E-state index contributed by atoms with van der Waals surface area (Å²) >= 11 is 0. The van der Waals surface area contributed by atoms with E-state index in [1.165, 1.54) is 0 Å². The Morgan fingerprint density at radius 3 is 2.23 bits per heavy atom. The van der Waals surface area contributed by atoms with Gasteiger partial charge in [-0.05, 0) is 11.8 Å². The standard InChI is InChI=1S/C11H23NO/c1-5-6-9(4)7-10(13)11(12)8(2)3/h8-9,11H,5-7,12H2,1-4H3. The zero-order valence-electron chi connectivity index (χ0n) is 9.34. The summed E-state index contributed by atoms with van der Waals surface area (Å²) in [5.41, 5.74) is 5.75. The first-order valence-corrected chi connectivity index (χ1v) is 5.27. The van der Waals surface area contributed by atoms with E-state index in [9.17, 15) is 4.79 Å². The fourth-order valence-corrected chi connectivity index (χ4v) is 1.45. The van der Waals surface area contributed by atoms with Crippen LogP contribution in [0.25, 0.3) is 0 Å². The second-order valence-electron chi connectivity index (χ2n) is 4.33. The Bertz CT molecular complexity index is 154. The first kappa shape index (κ1) is 12.6. The largest absolute Gasteiger partial charge is 0.321 e. The molecule has 2 unspecified atom stereocenters. The van der Waals surface area contributed by atoms with Crippen molar-refractivity contribution < 1.29 is 4.79 Å². The number of ketones is 1. The molecule has 0 radical (unpaired) electrons. The van der Waals surface area contributed by atoms with Gasteiger partial charge in [-0.1, -0.05) is 40.5 Å². The first-order valence-electron chi connectivity index (χ1n) is 5.27. The van der Waals surface area contributed by atoms with E-state index in [-0.39, 0.29) is 17.7 Å². The molecular formula is C11H23NO. The molecule has 2 atom stereocenters. The number of hydrogen-bond donors (Lipinski definition) is 1. The van der Waals surface area contributed by atoms with E-state index in [1.807, 2.05) is 13.8 Å². The first-order chi connectivity index (χ1) is 5.99. The molecule has 0 aliphatic rings. The monoisotopic (exact) mass is 185 g/mol. The highest BCUT2D eigenvalue weighted by Gasteiger charge is 2.18. The molecule has 2 heteroatoms. The molecule has 0 aromatic heterocycles. The molecule has 0 aromatic rings. The maximum absolute atomic E-state index is 11.5. The lowest BCUT2D eigenvalue weighted by Crippen LogP contribution is -2.36. The summed E-state index contributed by atoms with van der Waals surface area (Å²) in [5, 5.41) is 0. The highest BCUT2D eigenvalue weighted by molar-refractivity contribution is 5.84. The van der Waals surface area contributed by atoms with E-state index >= 15 is 0 Å². The van der Waals surface area contributed by atoms with Crippen LogP contribution in [0.2, 0.25) is 0 Å². The van der Waals surface area contributed by atoms with E-state index in [0.717, 1.165) is 12.8 Å². The molecule has 0 bridgehead atoms. The van der Waals surface area contributed by atoms with Crippen LogP contribution < -0.4 is 5.73 Å². The topological polar surface area (TPSA) is 43.1 Å². The number of carbonyl (C=O) groups is 1. The second kappa shape index (κ2) is 6.14. The van der Waals surface area contributed by atoms with Crippen molar-refractivity contribution in [2.75, 3.05) is 0 Å². The van der Waals surface area contributed by atoms with Crippen molar-refractivity contribution in [2.24, 2.45) is 17.6 Å². The third-order valence-corrected chi connectivity index (χ3v) is 2.42. The van der Waals surface area contributed by atoms with E-state index < -0.39 is 0 Å². The number of rotatable bonds is 6. The molecule has 0 spiro atoms. The third-order valence-electron chi connectivity index (χ3n) is 2.42. The number of Topliss-reactive ketones (excluding diaryl/α,β-unsaturated/α-hetero) is 1. The second-order valence-corrected chi connectivity index (χ2v) is 4.33. The van der Waals surface area contributed by atoms with Gasteiger partial charge in [-0.25, -0.2) is 0 Å². The van der Waals surface area contributed by atoms with Crippen LogP contribution in [0.15, 0.2) is 0 Å². The van der Waals surface area contributed by atoms with Crippen LogP contribution in [0, 0.1) is 11.8 Å². The van der Waals surface area contributed by atoms with Gasteiger partial charge >= 0.3 is 0 Å². The summed E-state index contributed by atoms with van der Waals surface area (Å²) in [6, 6.07) is -0.265. The van der Waals surface area contributed by atoms with Gasteiger partial charge in [0.2, 0.25) is 0 Å². The predicted molar refractivity (Wildman–Crippen MR) is 56.5 cm³/mol. The normalized spacial score (nSPS) is 15.8. The Labute approximate surface area is 81.9 Å². The van der Waals surface area contributed by atoms with Crippen molar-refractivity contribution in [3.05, 3.63) is 0 Å². The molecule has 2 N–H and O–H groups in total. The highest BCUT2D eigenvalue weighted by Crippen LogP contribution is 2.13. The minimum absolute atomic E-state index is 0.218.